The Morgan fingerprint density at radius 2 is 2.12 bits per heavy atom. The highest BCUT2D eigenvalue weighted by Gasteiger charge is 2.14. The van der Waals surface area contributed by atoms with Gasteiger partial charge in [-0.1, -0.05) is 6.07 Å². The molecule has 0 unspecified atom stereocenters. The molecule has 24 heavy (non-hydrogen) atoms. The average Bonchev–Trinajstić information content (AvgIpc) is 3.10. The first-order valence-electron chi connectivity index (χ1n) is 8.34. The van der Waals surface area contributed by atoms with E-state index in [1.807, 2.05) is 24.4 Å². The number of pyridine rings is 1. The molecule has 0 saturated carbocycles. The van der Waals surface area contributed by atoms with Crippen LogP contribution in [0.2, 0.25) is 0 Å². The summed E-state index contributed by atoms with van der Waals surface area (Å²) in [4.78, 5) is 18.6. The molecule has 0 spiro atoms. The lowest BCUT2D eigenvalue weighted by Crippen LogP contribution is -2.19. The van der Waals surface area contributed by atoms with E-state index in [0.29, 0.717) is 5.75 Å². The van der Waals surface area contributed by atoms with Crippen molar-refractivity contribution in [2.45, 2.75) is 25.5 Å². The highest BCUT2D eigenvalue weighted by molar-refractivity contribution is 7.99. The van der Waals surface area contributed by atoms with E-state index in [-0.39, 0.29) is 5.91 Å². The fourth-order valence-electron chi connectivity index (χ4n) is 2.99. The van der Waals surface area contributed by atoms with Crippen molar-refractivity contribution in [2.75, 3.05) is 29.1 Å². The Hall–Kier alpha value is -2.01. The summed E-state index contributed by atoms with van der Waals surface area (Å²) in [5.41, 5.74) is 4.53. The van der Waals surface area contributed by atoms with Crippen LogP contribution in [0.3, 0.4) is 0 Å². The van der Waals surface area contributed by atoms with Gasteiger partial charge in [-0.15, -0.1) is 11.8 Å². The number of nitrogens with zero attached hydrogens (tertiary/aromatic N) is 2. The quantitative estimate of drug-likeness (QED) is 0.866. The fourth-order valence-corrected chi connectivity index (χ4v) is 3.75. The van der Waals surface area contributed by atoms with Gasteiger partial charge in [0.2, 0.25) is 5.91 Å². The van der Waals surface area contributed by atoms with E-state index in [1.165, 1.54) is 24.1 Å². The van der Waals surface area contributed by atoms with E-state index in [1.54, 1.807) is 18.0 Å². The molecule has 0 atom stereocenters. The summed E-state index contributed by atoms with van der Waals surface area (Å²) < 4.78 is 0. The number of carbonyl (C=O) groups is 1. The topological polar surface area (TPSA) is 45.2 Å². The summed E-state index contributed by atoms with van der Waals surface area (Å²) >= 11 is 1.60. The van der Waals surface area contributed by atoms with Gasteiger partial charge in [-0.3, -0.25) is 9.78 Å². The highest BCUT2D eigenvalue weighted by Crippen LogP contribution is 2.26. The number of benzene rings is 1. The molecule has 0 aliphatic carbocycles. The van der Waals surface area contributed by atoms with E-state index in [0.717, 1.165) is 30.1 Å². The number of hydrogen-bond acceptors (Lipinski definition) is 4. The first-order valence-corrected chi connectivity index (χ1v) is 9.50. The van der Waals surface area contributed by atoms with Gasteiger partial charge in [0.25, 0.3) is 0 Å². The Labute approximate surface area is 147 Å². The second-order valence-electron chi connectivity index (χ2n) is 6.10. The number of thioether (sulfide) groups is 1. The van der Waals surface area contributed by atoms with Crippen molar-refractivity contribution in [2.24, 2.45) is 0 Å². The monoisotopic (exact) mass is 341 g/mol. The molecular formula is C19H23N3OS. The third-order valence-electron chi connectivity index (χ3n) is 4.15. The maximum Gasteiger partial charge on any atom is 0.234 e. The van der Waals surface area contributed by atoms with E-state index in [2.05, 4.69) is 34.3 Å². The van der Waals surface area contributed by atoms with Crippen LogP contribution < -0.4 is 10.2 Å². The molecule has 0 radical (unpaired) electrons. The molecule has 2 heterocycles. The summed E-state index contributed by atoms with van der Waals surface area (Å²) in [5, 5.41) is 2.99. The van der Waals surface area contributed by atoms with E-state index in [9.17, 15) is 4.79 Å². The van der Waals surface area contributed by atoms with Gasteiger partial charge in [-0.05, 0) is 55.2 Å². The van der Waals surface area contributed by atoms with Crippen LogP contribution >= 0.6 is 11.8 Å². The van der Waals surface area contributed by atoms with Crippen LogP contribution in [0.5, 0.6) is 0 Å². The number of hydrogen-bond donors (Lipinski definition) is 1. The van der Waals surface area contributed by atoms with Crippen LogP contribution in [0.25, 0.3) is 0 Å². The summed E-state index contributed by atoms with van der Waals surface area (Å²) in [6.07, 6.45) is 6.14. The van der Waals surface area contributed by atoms with Crippen LogP contribution in [0.4, 0.5) is 11.4 Å². The molecule has 4 nitrogen and oxygen atoms in total. The molecule has 3 rings (SSSR count). The predicted molar refractivity (Wildman–Crippen MR) is 102 cm³/mol. The number of nitrogens with one attached hydrogen (secondary N) is 1. The van der Waals surface area contributed by atoms with Crippen LogP contribution in [0.1, 0.15) is 24.0 Å². The Kier molecular flexibility index (Phi) is 5.75. The van der Waals surface area contributed by atoms with Crippen molar-refractivity contribution in [3.05, 3.63) is 53.9 Å². The summed E-state index contributed by atoms with van der Waals surface area (Å²) in [6.45, 7) is 4.38. The van der Waals surface area contributed by atoms with Gasteiger partial charge in [0.15, 0.2) is 0 Å². The van der Waals surface area contributed by atoms with Gasteiger partial charge < -0.3 is 10.2 Å². The number of carbonyl (C=O) groups excluding carboxylic acids is 1. The van der Waals surface area contributed by atoms with E-state index < -0.39 is 0 Å². The maximum atomic E-state index is 12.1. The summed E-state index contributed by atoms with van der Waals surface area (Å²) in [7, 11) is 0. The zero-order valence-corrected chi connectivity index (χ0v) is 14.8. The lowest BCUT2D eigenvalue weighted by atomic mass is 10.1. The maximum absolute atomic E-state index is 12.1. The van der Waals surface area contributed by atoms with E-state index in [4.69, 9.17) is 0 Å². The smallest absolute Gasteiger partial charge is 0.234 e. The van der Waals surface area contributed by atoms with Gasteiger partial charge in [0.05, 0.1) is 5.75 Å². The number of anilines is 2. The van der Waals surface area contributed by atoms with Gasteiger partial charge in [-0.25, -0.2) is 0 Å². The molecule has 1 aliphatic heterocycles. The normalized spacial score (nSPS) is 14.0. The van der Waals surface area contributed by atoms with Crippen molar-refractivity contribution in [3.63, 3.8) is 0 Å². The molecule has 0 bridgehead atoms. The minimum absolute atomic E-state index is 0.0391. The summed E-state index contributed by atoms with van der Waals surface area (Å²) in [6, 6.07) is 10.1. The van der Waals surface area contributed by atoms with Crippen molar-refractivity contribution in [1.29, 1.82) is 0 Å². The Morgan fingerprint density at radius 1 is 1.29 bits per heavy atom. The zero-order valence-electron chi connectivity index (χ0n) is 14.0. The van der Waals surface area contributed by atoms with Gasteiger partial charge >= 0.3 is 0 Å². The van der Waals surface area contributed by atoms with Gasteiger partial charge in [0, 0.05) is 42.6 Å². The molecule has 5 heteroatoms. The number of aromatic nitrogens is 1. The first-order chi connectivity index (χ1) is 11.7. The second-order valence-corrected chi connectivity index (χ2v) is 7.08. The molecule has 1 aliphatic rings. The lowest BCUT2D eigenvalue weighted by molar-refractivity contribution is -0.113. The van der Waals surface area contributed by atoms with Crippen molar-refractivity contribution < 1.29 is 4.79 Å². The predicted octanol–water partition coefficient (Wildman–Crippen LogP) is 3.86. The molecule has 1 aromatic carbocycles. The zero-order chi connectivity index (χ0) is 16.8. The molecule has 1 N–H and O–H groups in total. The standard InChI is InChI=1S/C19H23N3OS/c1-15-11-17(6-7-18(15)22-9-2-3-10-22)21-19(23)14-24-13-16-5-4-8-20-12-16/h4-8,11-12H,2-3,9-10,13-14H2,1H3,(H,21,23). The van der Waals surface area contributed by atoms with Crippen LogP contribution in [0.15, 0.2) is 42.7 Å². The van der Waals surface area contributed by atoms with E-state index >= 15 is 0 Å². The van der Waals surface area contributed by atoms with Crippen molar-refractivity contribution in [3.8, 4) is 0 Å². The number of rotatable bonds is 6. The van der Waals surface area contributed by atoms with Crippen LogP contribution in [-0.4, -0.2) is 29.7 Å². The number of amides is 1. The third kappa shape index (κ3) is 4.51. The first kappa shape index (κ1) is 16.8. The summed E-state index contributed by atoms with van der Waals surface area (Å²) in [5.74, 6) is 1.29. The third-order valence-corrected chi connectivity index (χ3v) is 5.16. The molecular weight excluding hydrogens is 318 g/mol. The molecule has 1 amide bonds. The molecule has 2 aromatic rings. The number of aryl methyl sites for hydroxylation is 1. The lowest BCUT2D eigenvalue weighted by Gasteiger charge is -2.20. The largest absolute Gasteiger partial charge is 0.371 e. The Balaban J connectivity index is 1.50. The molecule has 126 valence electrons. The molecule has 1 aromatic heterocycles. The minimum Gasteiger partial charge on any atom is -0.371 e. The molecule has 1 saturated heterocycles. The van der Waals surface area contributed by atoms with Crippen molar-refractivity contribution in [1.82, 2.24) is 4.98 Å². The van der Waals surface area contributed by atoms with Crippen molar-refractivity contribution >= 4 is 29.0 Å². The van der Waals surface area contributed by atoms with Gasteiger partial charge in [-0.2, -0.15) is 0 Å². The molecule has 1 fully saturated rings. The fraction of sp³-hybridized carbons (Fsp3) is 0.368. The average molecular weight is 341 g/mol. The van der Waals surface area contributed by atoms with Crippen LogP contribution in [-0.2, 0) is 10.5 Å². The van der Waals surface area contributed by atoms with Crippen LogP contribution in [0, 0.1) is 6.92 Å². The Morgan fingerprint density at radius 3 is 2.83 bits per heavy atom. The highest BCUT2D eigenvalue weighted by atomic mass is 32.2. The Bertz CT molecular complexity index is 684. The minimum atomic E-state index is 0.0391. The SMILES string of the molecule is Cc1cc(NC(=O)CSCc2cccnc2)ccc1N1CCCC1. The second kappa shape index (κ2) is 8.20. The van der Waals surface area contributed by atoms with Gasteiger partial charge in [0.1, 0.15) is 0 Å².